The summed E-state index contributed by atoms with van der Waals surface area (Å²) >= 11 is 5.07. The first kappa shape index (κ1) is 14.6. The molecular formula is C12H12F3N3OS. The van der Waals surface area contributed by atoms with Crippen molar-refractivity contribution < 1.29 is 18.0 Å². The van der Waals surface area contributed by atoms with Gasteiger partial charge in [0.1, 0.15) is 0 Å². The molecule has 0 bridgehead atoms. The van der Waals surface area contributed by atoms with Gasteiger partial charge in [0, 0.05) is 20.0 Å². The summed E-state index contributed by atoms with van der Waals surface area (Å²) in [6.07, 6.45) is -4.19. The van der Waals surface area contributed by atoms with Gasteiger partial charge >= 0.3 is 6.18 Å². The molecule has 0 aliphatic carbocycles. The quantitative estimate of drug-likeness (QED) is 0.857. The predicted octanol–water partition coefficient (Wildman–Crippen LogP) is 2.85. The number of carbonyl (C=O) groups excluding carboxylic acids is 1. The van der Waals surface area contributed by atoms with Gasteiger partial charge in [0.2, 0.25) is 5.91 Å². The van der Waals surface area contributed by atoms with Crippen LogP contribution in [0.15, 0.2) is 18.2 Å². The fraction of sp³-hybridized carbons (Fsp3) is 0.333. The number of alkyl halides is 3. The summed E-state index contributed by atoms with van der Waals surface area (Å²) in [5.41, 5.74) is 0.119. The average Bonchev–Trinajstić information content (AvgIpc) is 2.69. The van der Waals surface area contributed by atoms with Gasteiger partial charge in [-0.2, -0.15) is 13.2 Å². The van der Waals surface area contributed by atoms with E-state index in [-0.39, 0.29) is 12.3 Å². The molecule has 8 heteroatoms. The lowest BCUT2D eigenvalue weighted by molar-refractivity contribution is -0.137. The summed E-state index contributed by atoms with van der Waals surface area (Å²) in [4.78, 5) is 13.9. The van der Waals surface area contributed by atoms with Crippen molar-refractivity contribution in [1.82, 2.24) is 14.9 Å². The lowest BCUT2D eigenvalue weighted by atomic mass is 10.2. The molecule has 2 N–H and O–H groups in total. The summed E-state index contributed by atoms with van der Waals surface area (Å²) in [6.45, 7) is 0.309. The lowest BCUT2D eigenvalue weighted by Gasteiger charge is -2.07. The molecule has 0 aliphatic rings. The molecule has 0 atom stereocenters. The zero-order chi connectivity index (χ0) is 14.9. The van der Waals surface area contributed by atoms with Crippen LogP contribution in [0.25, 0.3) is 11.0 Å². The maximum absolute atomic E-state index is 12.6. The van der Waals surface area contributed by atoms with Crippen LogP contribution in [0.5, 0.6) is 0 Å². The molecule has 20 heavy (non-hydrogen) atoms. The third-order valence-corrected chi connectivity index (χ3v) is 3.27. The number of amides is 1. The number of hydrogen-bond acceptors (Lipinski definition) is 2. The zero-order valence-corrected chi connectivity index (χ0v) is 11.4. The van der Waals surface area contributed by atoms with Crippen LogP contribution >= 0.6 is 12.2 Å². The second-order valence-corrected chi connectivity index (χ2v) is 4.62. The van der Waals surface area contributed by atoms with Crippen molar-refractivity contribution in [2.75, 3.05) is 7.05 Å². The molecule has 1 aromatic carbocycles. The number of nitrogens with one attached hydrogen (secondary N) is 2. The van der Waals surface area contributed by atoms with Gasteiger partial charge in [-0.3, -0.25) is 4.79 Å². The highest BCUT2D eigenvalue weighted by Gasteiger charge is 2.30. The van der Waals surface area contributed by atoms with Crippen LogP contribution in [0, 0.1) is 4.77 Å². The lowest BCUT2D eigenvalue weighted by Crippen LogP contribution is -2.19. The van der Waals surface area contributed by atoms with Crippen molar-refractivity contribution in [2.24, 2.45) is 0 Å². The number of H-pyrrole nitrogens is 1. The standard InChI is InChI=1S/C12H12F3N3OS/c1-16-10(19)4-5-18-9-3-2-7(12(13,14)15)6-8(9)17-11(18)20/h2-3,6H,4-5H2,1H3,(H,16,19)(H,17,20). The second kappa shape index (κ2) is 5.28. The number of carbonyl (C=O) groups is 1. The molecule has 0 radical (unpaired) electrons. The number of hydrogen-bond donors (Lipinski definition) is 2. The second-order valence-electron chi connectivity index (χ2n) is 4.23. The van der Waals surface area contributed by atoms with Gasteiger partial charge in [-0.15, -0.1) is 0 Å². The molecule has 2 rings (SSSR count). The molecule has 0 saturated carbocycles. The highest BCUT2D eigenvalue weighted by Crippen LogP contribution is 2.31. The number of halogens is 3. The molecule has 0 unspecified atom stereocenters. The molecule has 1 aromatic heterocycles. The maximum atomic E-state index is 12.6. The van der Waals surface area contributed by atoms with Gasteiger partial charge in [-0.25, -0.2) is 0 Å². The van der Waals surface area contributed by atoms with E-state index in [4.69, 9.17) is 12.2 Å². The van der Waals surface area contributed by atoms with Gasteiger partial charge in [0.05, 0.1) is 16.6 Å². The zero-order valence-electron chi connectivity index (χ0n) is 10.5. The van der Waals surface area contributed by atoms with E-state index in [1.807, 2.05) is 0 Å². The minimum absolute atomic E-state index is 0.159. The average molecular weight is 303 g/mol. The fourth-order valence-corrected chi connectivity index (χ4v) is 2.20. The Hall–Kier alpha value is -1.83. The Morgan fingerprint density at radius 1 is 1.45 bits per heavy atom. The number of nitrogens with zero attached hydrogens (tertiary/aromatic N) is 1. The Bertz CT molecular complexity index is 702. The van der Waals surface area contributed by atoms with Crippen LogP contribution in [0.1, 0.15) is 12.0 Å². The first-order valence-electron chi connectivity index (χ1n) is 5.83. The molecule has 0 aliphatic heterocycles. The van der Waals surface area contributed by atoms with E-state index in [1.54, 1.807) is 4.57 Å². The van der Waals surface area contributed by atoms with E-state index in [0.717, 1.165) is 12.1 Å². The van der Waals surface area contributed by atoms with Gasteiger partial charge in [0.25, 0.3) is 0 Å². The van der Waals surface area contributed by atoms with E-state index >= 15 is 0 Å². The molecular weight excluding hydrogens is 291 g/mol. The van der Waals surface area contributed by atoms with E-state index in [0.29, 0.717) is 22.3 Å². The number of fused-ring (bicyclic) bond motifs is 1. The number of aromatic nitrogens is 2. The number of rotatable bonds is 3. The smallest absolute Gasteiger partial charge is 0.359 e. The number of benzene rings is 1. The summed E-state index contributed by atoms with van der Waals surface area (Å²) < 4.78 is 39.8. The van der Waals surface area contributed by atoms with Crippen LogP contribution in [-0.2, 0) is 17.5 Å². The van der Waals surface area contributed by atoms with Crippen molar-refractivity contribution in [2.45, 2.75) is 19.1 Å². The normalized spacial score (nSPS) is 11.8. The van der Waals surface area contributed by atoms with Crippen LogP contribution in [0.3, 0.4) is 0 Å². The van der Waals surface area contributed by atoms with Gasteiger partial charge in [-0.05, 0) is 30.4 Å². The Kier molecular flexibility index (Phi) is 3.85. The van der Waals surface area contributed by atoms with Gasteiger partial charge in [0.15, 0.2) is 4.77 Å². The molecule has 0 saturated heterocycles. The number of imidazole rings is 1. The van der Waals surface area contributed by atoms with Gasteiger partial charge in [-0.1, -0.05) is 0 Å². The first-order valence-corrected chi connectivity index (χ1v) is 6.24. The minimum Gasteiger partial charge on any atom is -0.359 e. The highest BCUT2D eigenvalue weighted by molar-refractivity contribution is 7.71. The molecule has 1 heterocycles. The molecule has 0 fully saturated rings. The van der Waals surface area contributed by atoms with Crippen molar-refractivity contribution in [3.05, 3.63) is 28.5 Å². The summed E-state index contributed by atoms with van der Waals surface area (Å²) in [5.74, 6) is -0.159. The Labute approximate surface area is 117 Å². The third kappa shape index (κ3) is 2.84. The predicted molar refractivity (Wildman–Crippen MR) is 70.8 cm³/mol. The topological polar surface area (TPSA) is 49.8 Å². The van der Waals surface area contributed by atoms with E-state index in [9.17, 15) is 18.0 Å². The molecule has 2 aromatic rings. The van der Waals surface area contributed by atoms with Crippen molar-refractivity contribution in [1.29, 1.82) is 0 Å². The third-order valence-electron chi connectivity index (χ3n) is 2.94. The largest absolute Gasteiger partial charge is 0.416 e. The van der Waals surface area contributed by atoms with E-state index in [1.165, 1.54) is 13.1 Å². The molecule has 108 valence electrons. The highest BCUT2D eigenvalue weighted by atomic mass is 32.1. The van der Waals surface area contributed by atoms with Crippen molar-refractivity contribution >= 4 is 29.2 Å². The fourth-order valence-electron chi connectivity index (χ4n) is 1.90. The minimum atomic E-state index is -4.39. The van der Waals surface area contributed by atoms with Crippen LogP contribution < -0.4 is 5.32 Å². The van der Waals surface area contributed by atoms with Crippen LogP contribution in [0.2, 0.25) is 0 Å². The molecule has 4 nitrogen and oxygen atoms in total. The number of aryl methyl sites for hydroxylation is 1. The van der Waals surface area contributed by atoms with Crippen molar-refractivity contribution in [3.63, 3.8) is 0 Å². The molecule has 1 amide bonds. The Morgan fingerprint density at radius 2 is 2.15 bits per heavy atom. The van der Waals surface area contributed by atoms with Crippen LogP contribution in [-0.4, -0.2) is 22.5 Å². The van der Waals surface area contributed by atoms with Gasteiger partial charge < -0.3 is 14.9 Å². The summed E-state index contributed by atoms with van der Waals surface area (Å²) in [5, 5.41) is 2.48. The summed E-state index contributed by atoms with van der Waals surface area (Å²) in [7, 11) is 1.52. The van der Waals surface area contributed by atoms with Crippen molar-refractivity contribution in [3.8, 4) is 0 Å². The van der Waals surface area contributed by atoms with Crippen LogP contribution in [0.4, 0.5) is 13.2 Å². The SMILES string of the molecule is CNC(=O)CCn1c(=S)[nH]c2cc(C(F)(F)F)ccc21. The Balaban J connectivity index is 2.40. The summed E-state index contributed by atoms with van der Waals surface area (Å²) in [6, 6.07) is 3.37. The first-order chi connectivity index (χ1) is 9.32. The molecule has 0 spiro atoms. The monoisotopic (exact) mass is 303 g/mol. The Morgan fingerprint density at radius 3 is 2.75 bits per heavy atom. The number of aromatic amines is 1. The van der Waals surface area contributed by atoms with E-state index < -0.39 is 11.7 Å². The van der Waals surface area contributed by atoms with E-state index in [2.05, 4.69) is 10.3 Å². The maximum Gasteiger partial charge on any atom is 0.416 e.